The predicted molar refractivity (Wildman–Crippen MR) is 84.7 cm³/mol. The van der Waals surface area contributed by atoms with E-state index in [1.54, 1.807) is 6.92 Å². The van der Waals surface area contributed by atoms with Crippen molar-refractivity contribution >= 4 is 23.7 Å². The minimum absolute atomic E-state index is 0.238. The molecule has 0 heterocycles. The van der Waals surface area contributed by atoms with Crippen LogP contribution in [0.3, 0.4) is 0 Å². The molecule has 0 saturated carbocycles. The molecule has 0 bridgehead atoms. The fraction of sp³-hybridized carbons (Fsp3) is 0.714. The van der Waals surface area contributed by atoms with E-state index < -0.39 is 55.0 Å². The zero-order valence-corrected chi connectivity index (χ0v) is 14.0. The van der Waals surface area contributed by atoms with Crippen molar-refractivity contribution in [2.45, 2.75) is 45.4 Å². The molecule has 0 radical (unpaired) electrons. The highest BCUT2D eigenvalue weighted by Crippen LogP contribution is 2.07. The first kappa shape index (κ1) is 21.8. The van der Waals surface area contributed by atoms with Gasteiger partial charge in [-0.25, -0.2) is 0 Å². The van der Waals surface area contributed by atoms with Crippen LogP contribution in [0.2, 0.25) is 0 Å². The average molecular weight is 346 g/mol. The van der Waals surface area contributed by atoms with E-state index in [-0.39, 0.29) is 5.92 Å². The minimum Gasteiger partial charge on any atom is -0.480 e. The van der Waals surface area contributed by atoms with Crippen LogP contribution in [0.5, 0.6) is 0 Å². The molecule has 0 rings (SSSR count). The predicted octanol–water partition coefficient (Wildman–Crippen LogP) is -2.46. The maximum atomic E-state index is 12.0. The van der Waals surface area contributed by atoms with Gasteiger partial charge in [0.05, 0.1) is 12.6 Å². The Morgan fingerprint density at radius 3 is 2.04 bits per heavy atom. The third-order valence-electron chi connectivity index (χ3n) is 3.47. The maximum absolute atomic E-state index is 12.0. The topological polar surface area (TPSA) is 171 Å². The number of nitrogens with one attached hydrogen (secondary N) is 3. The number of carboxylic acid groups (broad SMARTS) is 1. The van der Waals surface area contributed by atoms with Gasteiger partial charge in [-0.05, 0) is 12.8 Å². The number of amides is 3. The quantitative estimate of drug-likeness (QED) is 0.255. The lowest BCUT2D eigenvalue weighted by Crippen LogP contribution is -2.54. The third-order valence-corrected chi connectivity index (χ3v) is 3.47. The Balaban J connectivity index is 4.62. The van der Waals surface area contributed by atoms with Crippen LogP contribution in [0.25, 0.3) is 0 Å². The van der Waals surface area contributed by atoms with Crippen LogP contribution in [0, 0.1) is 5.92 Å². The fourth-order valence-electron chi connectivity index (χ4n) is 1.70. The van der Waals surface area contributed by atoms with Crippen LogP contribution in [0.1, 0.15) is 27.2 Å². The molecule has 24 heavy (non-hydrogen) atoms. The Hall–Kier alpha value is -2.20. The highest BCUT2D eigenvalue weighted by Gasteiger charge is 2.26. The van der Waals surface area contributed by atoms with E-state index >= 15 is 0 Å². The first-order valence-electron chi connectivity index (χ1n) is 7.60. The van der Waals surface area contributed by atoms with Crippen molar-refractivity contribution in [2.75, 3.05) is 13.1 Å². The van der Waals surface area contributed by atoms with Crippen LogP contribution in [-0.2, 0) is 19.2 Å². The lowest BCUT2D eigenvalue weighted by molar-refractivity contribution is -0.138. The van der Waals surface area contributed by atoms with Gasteiger partial charge in [0.1, 0.15) is 18.6 Å². The van der Waals surface area contributed by atoms with E-state index in [1.165, 1.54) is 6.92 Å². The summed E-state index contributed by atoms with van der Waals surface area (Å²) in [4.78, 5) is 45.9. The molecule has 0 aliphatic heterocycles. The second-order valence-electron chi connectivity index (χ2n) is 5.53. The zero-order valence-electron chi connectivity index (χ0n) is 14.0. The molecule has 0 aromatic rings. The summed E-state index contributed by atoms with van der Waals surface area (Å²) in [6.07, 6.45) is -0.493. The standard InChI is InChI=1S/C14H26N4O6/c1-4-7(2)12(14(24)17-6-10(21)22)18-9(20)5-16-13(23)11(15)8(3)19/h7-8,11-12,19H,4-6,15H2,1-3H3,(H,16,23)(H,17,24)(H,18,20)(H,21,22). The van der Waals surface area contributed by atoms with Gasteiger partial charge in [0, 0.05) is 0 Å². The summed E-state index contributed by atoms with van der Waals surface area (Å²) in [5.41, 5.74) is 5.42. The second kappa shape index (κ2) is 10.6. The van der Waals surface area contributed by atoms with Crippen molar-refractivity contribution in [3.8, 4) is 0 Å². The van der Waals surface area contributed by atoms with Crippen molar-refractivity contribution < 1.29 is 29.4 Å². The van der Waals surface area contributed by atoms with Crippen LogP contribution in [-0.4, -0.2) is 65.2 Å². The first-order valence-corrected chi connectivity index (χ1v) is 7.60. The SMILES string of the molecule is CCC(C)C(NC(=O)CNC(=O)C(N)C(C)O)C(=O)NCC(=O)O. The van der Waals surface area contributed by atoms with Gasteiger partial charge in [0.25, 0.3) is 0 Å². The molecule has 0 aliphatic rings. The van der Waals surface area contributed by atoms with E-state index in [2.05, 4.69) is 16.0 Å². The molecule has 0 spiro atoms. The largest absolute Gasteiger partial charge is 0.480 e. The Kier molecular flexibility index (Phi) is 9.58. The molecule has 0 saturated heterocycles. The Morgan fingerprint density at radius 1 is 1.04 bits per heavy atom. The minimum atomic E-state index is -1.20. The molecular formula is C14H26N4O6. The summed E-state index contributed by atoms with van der Waals surface area (Å²) < 4.78 is 0. The molecule has 4 unspecified atom stereocenters. The molecule has 4 atom stereocenters. The average Bonchev–Trinajstić information content (AvgIpc) is 2.53. The summed E-state index contributed by atoms with van der Waals surface area (Å²) in [6.45, 7) is 3.92. The number of carboxylic acids is 1. The second-order valence-corrected chi connectivity index (χ2v) is 5.53. The number of rotatable bonds is 10. The van der Waals surface area contributed by atoms with Gasteiger partial charge in [-0.3, -0.25) is 19.2 Å². The molecule has 3 amide bonds. The third kappa shape index (κ3) is 7.88. The van der Waals surface area contributed by atoms with Gasteiger partial charge in [-0.2, -0.15) is 0 Å². The van der Waals surface area contributed by atoms with Crippen molar-refractivity contribution in [1.82, 2.24) is 16.0 Å². The van der Waals surface area contributed by atoms with Crippen LogP contribution in [0.4, 0.5) is 0 Å². The van der Waals surface area contributed by atoms with Gasteiger partial charge in [-0.1, -0.05) is 20.3 Å². The monoisotopic (exact) mass is 346 g/mol. The molecule has 0 aromatic heterocycles. The van der Waals surface area contributed by atoms with Gasteiger partial charge in [-0.15, -0.1) is 0 Å². The molecule has 138 valence electrons. The van der Waals surface area contributed by atoms with E-state index in [0.29, 0.717) is 6.42 Å². The van der Waals surface area contributed by atoms with Crippen molar-refractivity contribution in [3.05, 3.63) is 0 Å². The number of hydrogen-bond donors (Lipinski definition) is 6. The molecule has 7 N–H and O–H groups in total. The molecule has 10 heteroatoms. The van der Waals surface area contributed by atoms with Crippen LogP contribution >= 0.6 is 0 Å². The number of aliphatic carboxylic acids is 1. The van der Waals surface area contributed by atoms with Gasteiger partial charge >= 0.3 is 5.97 Å². The zero-order chi connectivity index (χ0) is 18.9. The fourth-order valence-corrected chi connectivity index (χ4v) is 1.70. The summed E-state index contributed by atoms with van der Waals surface area (Å²) in [7, 11) is 0. The van der Waals surface area contributed by atoms with Crippen molar-refractivity contribution in [1.29, 1.82) is 0 Å². The highest BCUT2D eigenvalue weighted by molar-refractivity contribution is 5.92. The Labute approximate surface area is 140 Å². The number of hydrogen-bond acceptors (Lipinski definition) is 6. The summed E-state index contributed by atoms with van der Waals surface area (Å²) >= 11 is 0. The number of aliphatic hydroxyl groups excluding tert-OH is 1. The molecule has 10 nitrogen and oxygen atoms in total. The lowest BCUT2D eigenvalue weighted by Gasteiger charge is -2.23. The maximum Gasteiger partial charge on any atom is 0.322 e. The van der Waals surface area contributed by atoms with E-state index in [0.717, 1.165) is 0 Å². The number of carbonyl (C=O) groups is 4. The molecular weight excluding hydrogens is 320 g/mol. The van der Waals surface area contributed by atoms with Gasteiger partial charge < -0.3 is 31.9 Å². The number of nitrogens with two attached hydrogens (primary N) is 1. The van der Waals surface area contributed by atoms with Crippen LogP contribution in [0.15, 0.2) is 0 Å². The van der Waals surface area contributed by atoms with E-state index in [9.17, 15) is 24.3 Å². The summed E-state index contributed by atoms with van der Waals surface area (Å²) in [5.74, 6) is -3.38. The molecule has 0 fully saturated rings. The summed E-state index contributed by atoms with van der Waals surface area (Å²) in [5, 5.41) is 24.7. The van der Waals surface area contributed by atoms with Gasteiger partial charge in [0.15, 0.2) is 0 Å². The molecule has 0 aliphatic carbocycles. The highest BCUT2D eigenvalue weighted by atomic mass is 16.4. The summed E-state index contributed by atoms with van der Waals surface area (Å²) in [6, 6.07) is -2.09. The smallest absolute Gasteiger partial charge is 0.322 e. The van der Waals surface area contributed by atoms with Crippen LogP contribution < -0.4 is 21.7 Å². The number of aliphatic hydroxyl groups is 1. The molecule has 0 aromatic carbocycles. The van der Waals surface area contributed by atoms with Crippen molar-refractivity contribution in [3.63, 3.8) is 0 Å². The normalized spacial score (nSPS) is 15.5. The van der Waals surface area contributed by atoms with Crippen molar-refractivity contribution in [2.24, 2.45) is 11.7 Å². The van der Waals surface area contributed by atoms with Gasteiger partial charge in [0.2, 0.25) is 17.7 Å². The lowest BCUT2D eigenvalue weighted by atomic mass is 9.98. The van der Waals surface area contributed by atoms with E-state index in [4.69, 9.17) is 10.8 Å². The first-order chi connectivity index (χ1) is 11.1. The Morgan fingerprint density at radius 2 is 1.58 bits per heavy atom. The van der Waals surface area contributed by atoms with E-state index in [1.807, 2.05) is 6.92 Å². The Bertz CT molecular complexity index is 468. The number of carbonyl (C=O) groups excluding carboxylic acids is 3.